The average Bonchev–Trinajstić information content (AvgIpc) is 2.33. The first kappa shape index (κ1) is 14.9. The number of benzene rings is 1. The molecule has 0 aromatic heterocycles. The van der Waals surface area contributed by atoms with Gasteiger partial charge in [-0.2, -0.15) is 0 Å². The first-order valence-corrected chi connectivity index (χ1v) is 5.70. The highest BCUT2D eigenvalue weighted by Crippen LogP contribution is 2.26. The van der Waals surface area contributed by atoms with Crippen LogP contribution in [0.1, 0.15) is 24.2 Å². The lowest BCUT2D eigenvalue weighted by Crippen LogP contribution is -2.17. The van der Waals surface area contributed by atoms with Crippen LogP contribution in [0.2, 0.25) is 5.02 Å². The van der Waals surface area contributed by atoms with E-state index in [1.165, 1.54) is 19.2 Å². The predicted molar refractivity (Wildman–Crippen MR) is 63.7 cm³/mol. The highest BCUT2D eigenvalue weighted by atomic mass is 35.5. The largest absolute Gasteiger partial charge is 0.464 e. The molecule has 0 bridgehead atoms. The van der Waals surface area contributed by atoms with Crippen LogP contribution in [0.15, 0.2) is 12.1 Å². The van der Waals surface area contributed by atoms with E-state index in [1.807, 2.05) is 0 Å². The number of hydrogen-bond acceptors (Lipinski definition) is 4. The highest BCUT2D eigenvalue weighted by Gasteiger charge is 2.24. The standard InChI is InChI=1S/C12H14ClFO4/c1-3-18-12(16)11(15)8-4-7(6-17-2)5-9(13)10(8)14/h4-5,11,15H,3,6H2,1-2H3. The van der Waals surface area contributed by atoms with Crippen LogP contribution in [0.4, 0.5) is 4.39 Å². The second-order valence-corrected chi connectivity index (χ2v) is 3.98. The van der Waals surface area contributed by atoms with Gasteiger partial charge in [0.25, 0.3) is 0 Å². The molecule has 6 heteroatoms. The molecular formula is C12H14ClFO4. The molecule has 0 aliphatic carbocycles. The van der Waals surface area contributed by atoms with E-state index in [0.717, 1.165) is 0 Å². The monoisotopic (exact) mass is 276 g/mol. The fourth-order valence-electron chi connectivity index (χ4n) is 1.47. The number of ether oxygens (including phenoxy) is 2. The van der Waals surface area contributed by atoms with Crippen LogP contribution in [0, 0.1) is 5.82 Å². The summed E-state index contributed by atoms with van der Waals surface area (Å²) >= 11 is 5.69. The summed E-state index contributed by atoms with van der Waals surface area (Å²) in [4.78, 5) is 11.4. The van der Waals surface area contributed by atoms with Crippen molar-refractivity contribution in [3.63, 3.8) is 0 Å². The Morgan fingerprint density at radius 1 is 1.56 bits per heavy atom. The van der Waals surface area contributed by atoms with Crippen LogP contribution in [0.25, 0.3) is 0 Å². The van der Waals surface area contributed by atoms with Crippen molar-refractivity contribution < 1.29 is 23.8 Å². The molecule has 1 N–H and O–H groups in total. The van der Waals surface area contributed by atoms with Gasteiger partial charge in [-0.05, 0) is 24.6 Å². The quantitative estimate of drug-likeness (QED) is 0.838. The molecule has 0 heterocycles. The zero-order chi connectivity index (χ0) is 13.7. The maximum atomic E-state index is 13.7. The minimum Gasteiger partial charge on any atom is -0.464 e. The Morgan fingerprint density at radius 2 is 2.22 bits per heavy atom. The summed E-state index contributed by atoms with van der Waals surface area (Å²) in [6.45, 7) is 1.89. The molecule has 18 heavy (non-hydrogen) atoms. The minimum absolute atomic E-state index is 0.100. The molecule has 0 radical (unpaired) electrons. The third-order valence-electron chi connectivity index (χ3n) is 2.23. The van der Waals surface area contributed by atoms with Gasteiger partial charge in [0.2, 0.25) is 0 Å². The van der Waals surface area contributed by atoms with E-state index >= 15 is 0 Å². The van der Waals surface area contributed by atoms with Crippen molar-refractivity contribution in [1.29, 1.82) is 0 Å². The van der Waals surface area contributed by atoms with E-state index in [9.17, 15) is 14.3 Å². The normalized spacial score (nSPS) is 12.3. The van der Waals surface area contributed by atoms with E-state index in [0.29, 0.717) is 5.56 Å². The van der Waals surface area contributed by atoms with Gasteiger partial charge < -0.3 is 14.6 Å². The minimum atomic E-state index is -1.70. The van der Waals surface area contributed by atoms with Gasteiger partial charge in [-0.3, -0.25) is 0 Å². The molecule has 1 unspecified atom stereocenters. The van der Waals surface area contributed by atoms with Crippen molar-refractivity contribution in [2.75, 3.05) is 13.7 Å². The summed E-state index contributed by atoms with van der Waals surface area (Å²) in [6, 6.07) is 2.70. The van der Waals surface area contributed by atoms with E-state index < -0.39 is 17.9 Å². The van der Waals surface area contributed by atoms with E-state index in [-0.39, 0.29) is 23.8 Å². The maximum Gasteiger partial charge on any atom is 0.339 e. The van der Waals surface area contributed by atoms with Crippen LogP contribution < -0.4 is 0 Å². The Labute approximate surface area is 109 Å². The van der Waals surface area contributed by atoms with Crippen molar-refractivity contribution in [3.8, 4) is 0 Å². The number of aliphatic hydroxyl groups is 1. The zero-order valence-corrected chi connectivity index (χ0v) is 10.8. The molecule has 100 valence electrons. The fourth-order valence-corrected chi connectivity index (χ4v) is 1.72. The van der Waals surface area contributed by atoms with Gasteiger partial charge in [0.05, 0.1) is 18.2 Å². The maximum absolute atomic E-state index is 13.7. The number of hydrogen-bond donors (Lipinski definition) is 1. The topological polar surface area (TPSA) is 55.8 Å². The van der Waals surface area contributed by atoms with Crippen molar-refractivity contribution in [3.05, 3.63) is 34.1 Å². The molecule has 0 amide bonds. The summed E-state index contributed by atoms with van der Waals surface area (Å²) in [5, 5.41) is 9.53. The van der Waals surface area contributed by atoms with Crippen molar-refractivity contribution in [2.24, 2.45) is 0 Å². The van der Waals surface area contributed by atoms with Gasteiger partial charge >= 0.3 is 5.97 Å². The van der Waals surface area contributed by atoms with Crippen LogP contribution in [0.5, 0.6) is 0 Å². The average molecular weight is 277 g/mol. The number of carbonyl (C=O) groups excluding carboxylic acids is 1. The van der Waals surface area contributed by atoms with Gasteiger partial charge in [-0.25, -0.2) is 9.18 Å². The zero-order valence-electron chi connectivity index (χ0n) is 10.1. The molecule has 0 aliphatic heterocycles. The lowest BCUT2D eigenvalue weighted by atomic mass is 10.1. The van der Waals surface area contributed by atoms with E-state index in [4.69, 9.17) is 16.3 Å². The smallest absolute Gasteiger partial charge is 0.339 e. The van der Waals surface area contributed by atoms with Crippen LogP contribution >= 0.6 is 11.6 Å². The second kappa shape index (κ2) is 6.68. The van der Waals surface area contributed by atoms with Crippen molar-refractivity contribution in [1.82, 2.24) is 0 Å². The van der Waals surface area contributed by atoms with Gasteiger partial charge in [0, 0.05) is 12.7 Å². The Kier molecular flexibility index (Phi) is 5.53. The number of aliphatic hydroxyl groups excluding tert-OH is 1. The molecule has 1 atom stereocenters. The summed E-state index contributed by atoms with van der Waals surface area (Å²) in [5.41, 5.74) is 0.343. The predicted octanol–water partition coefficient (Wildman–Crippen LogP) is 2.22. The molecule has 1 rings (SSSR count). The molecular weight excluding hydrogens is 263 g/mol. The van der Waals surface area contributed by atoms with E-state index in [1.54, 1.807) is 6.92 Å². The first-order valence-electron chi connectivity index (χ1n) is 5.32. The third kappa shape index (κ3) is 3.41. The van der Waals surface area contributed by atoms with Gasteiger partial charge in [0.15, 0.2) is 6.10 Å². The third-order valence-corrected chi connectivity index (χ3v) is 2.51. The summed E-state index contributed by atoms with van der Waals surface area (Å²) in [5.74, 6) is -1.75. The van der Waals surface area contributed by atoms with Crippen molar-refractivity contribution in [2.45, 2.75) is 19.6 Å². The van der Waals surface area contributed by atoms with Crippen molar-refractivity contribution >= 4 is 17.6 Å². The molecule has 1 aromatic carbocycles. The summed E-state index contributed by atoms with van der Waals surface area (Å²) < 4.78 is 23.2. The molecule has 4 nitrogen and oxygen atoms in total. The number of methoxy groups -OCH3 is 1. The fraction of sp³-hybridized carbons (Fsp3) is 0.417. The molecule has 0 saturated heterocycles. The highest BCUT2D eigenvalue weighted by molar-refractivity contribution is 6.30. The molecule has 0 fully saturated rings. The number of carbonyl (C=O) groups is 1. The lowest BCUT2D eigenvalue weighted by Gasteiger charge is -2.13. The van der Waals surface area contributed by atoms with Crippen LogP contribution in [-0.4, -0.2) is 24.8 Å². The molecule has 0 spiro atoms. The number of halogens is 2. The Bertz CT molecular complexity index is 436. The van der Waals surface area contributed by atoms with Crippen LogP contribution in [-0.2, 0) is 20.9 Å². The molecule has 0 saturated carbocycles. The van der Waals surface area contributed by atoms with Gasteiger partial charge in [0.1, 0.15) is 5.82 Å². The first-order chi connectivity index (χ1) is 8.51. The number of rotatable bonds is 5. The molecule has 1 aromatic rings. The SMILES string of the molecule is CCOC(=O)C(O)c1cc(COC)cc(Cl)c1F. The molecule has 0 aliphatic rings. The van der Waals surface area contributed by atoms with E-state index in [2.05, 4.69) is 4.74 Å². The Morgan fingerprint density at radius 3 is 2.78 bits per heavy atom. The summed E-state index contributed by atoms with van der Waals surface area (Å²) in [6.07, 6.45) is -1.70. The number of esters is 1. The second-order valence-electron chi connectivity index (χ2n) is 3.57. The van der Waals surface area contributed by atoms with Crippen LogP contribution in [0.3, 0.4) is 0 Å². The lowest BCUT2D eigenvalue weighted by molar-refractivity contribution is -0.153. The van der Waals surface area contributed by atoms with Gasteiger partial charge in [-0.1, -0.05) is 11.6 Å². The summed E-state index contributed by atoms with van der Waals surface area (Å²) in [7, 11) is 1.47. The van der Waals surface area contributed by atoms with Gasteiger partial charge in [-0.15, -0.1) is 0 Å². The Hall–Kier alpha value is -1.17. The Balaban J connectivity index is 3.09.